The van der Waals surface area contributed by atoms with Crippen molar-refractivity contribution in [3.63, 3.8) is 0 Å². The van der Waals surface area contributed by atoms with E-state index in [1.54, 1.807) is 0 Å². The molecule has 0 heterocycles. The summed E-state index contributed by atoms with van der Waals surface area (Å²) in [7, 11) is 0. The van der Waals surface area contributed by atoms with Gasteiger partial charge in [0.05, 0.1) is 6.42 Å². The van der Waals surface area contributed by atoms with E-state index in [0.29, 0.717) is 12.1 Å². The Balaban J connectivity index is 2.66. The van der Waals surface area contributed by atoms with Gasteiger partial charge in [-0.05, 0) is 24.5 Å². The molecule has 0 unspecified atom stereocenters. The normalized spacial score (nSPS) is 10.2. The van der Waals surface area contributed by atoms with Gasteiger partial charge in [0, 0.05) is 18.8 Å². The molecule has 0 saturated heterocycles. The number of amides is 1. The van der Waals surface area contributed by atoms with Crippen molar-refractivity contribution in [3.8, 4) is 0 Å². The van der Waals surface area contributed by atoms with Crippen molar-refractivity contribution < 1.29 is 4.79 Å². The number of nitrogens with zero attached hydrogens (tertiary/aromatic N) is 1. The van der Waals surface area contributed by atoms with Gasteiger partial charge in [0.1, 0.15) is 0 Å². The minimum Gasteiger partial charge on any atom is -0.398 e. The Morgan fingerprint density at radius 2 is 1.76 bits per heavy atom. The van der Waals surface area contributed by atoms with E-state index in [4.69, 9.17) is 5.73 Å². The van der Waals surface area contributed by atoms with Crippen LogP contribution in [0.1, 0.15) is 32.3 Å². The molecule has 0 aliphatic rings. The highest BCUT2D eigenvalue weighted by atomic mass is 16.2. The van der Waals surface area contributed by atoms with Gasteiger partial charge in [-0.1, -0.05) is 32.0 Å². The van der Waals surface area contributed by atoms with Gasteiger partial charge < -0.3 is 10.6 Å². The third kappa shape index (κ3) is 4.10. The molecular weight excluding hydrogens is 212 g/mol. The zero-order valence-electron chi connectivity index (χ0n) is 10.8. The van der Waals surface area contributed by atoms with Crippen LogP contribution in [0.3, 0.4) is 0 Å². The van der Waals surface area contributed by atoms with Crippen molar-refractivity contribution in [3.05, 3.63) is 29.8 Å². The van der Waals surface area contributed by atoms with Gasteiger partial charge in [-0.2, -0.15) is 0 Å². The van der Waals surface area contributed by atoms with Crippen LogP contribution < -0.4 is 5.73 Å². The van der Waals surface area contributed by atoms with Crippen molar-refractivity contribution in [2.24, 2.45) is 0 Å². The van der Waals surface area contributed by atoms with Gasteiger partial charge in [0.15, 0.2) is 0 Å². The van der Waals surface area contributed by atoms with Crippen LogP contribution >= 0.6 is 0 Å². The highest BCUT2D eigenvalue weighted by Crippen LogP contribution is 2.12. The van der Waals surface area contributed by atoms with E-state index in [0.717, 1.165) is 31.5 Å². The Kier molecular flexibility index (Phi) is 5.53. The lowest BCUT2D eigenvalue weighted by molar-refractivity contribution is -0.130. The molecule has 3 nitrogen and oxygen atoms in total. The molecule has 1 amide bonds. The van der Waals surface area contributed by atoms with E-state index in [9.17, 15) is 4.79 Å². The molecule has 1 aromatic carbocycles. The fraction of sp³-hybridized carbons (Fsp3) is 0.500. The second-order valence-corrected chi connectivity index (χ2v) is 4.26. The van der Waals surface area contributed by atoms with E-state index in [-0.39, 0.29) is 5.91 Å². The molecule has 0 aliphatic carbocycles. The second-order valence-electron chi connectivity index (χ2n) is 4.26. The molecule has 1 aromatic rings. The van der Waals surface area contributed by atoms with E-state index >= 15 is 0 Å². The quantitative estimate of drug-likeness (QED) is 0.768. The standard InChI is InChI=1S/C14H22N2O/c1-3-9-16(10-4-2)14(17)11-12-7-5-6-8-13(12)15/h5-8H,3-4,9-11,15H2,1-2H3. The molecule has 1 rings (SSSR count). The number of rotatable bonds is 6. The summed E-state index contributed by atoms with van der Waals surface area (Å²) in [6.07, 6.45) is 2.40. The summed E-state index contributed by atoms with van der Waals surface area (Å²) < 4.78 is 0. The predicted molar refractivity (Wildman–Crippen MR) is 71.7 cm³/mol. The fourth-order valence-electron chi connectivity index (χ4n) is 1.87. The van der Waals surface area contributed by atoms with E-state index < -0.39 is 0 Å². The Morgan fingerprint density at radius 1 is 1.18 bits per heavy atom. The van der Waals surface area contributed by atoms with Crippen LogP contribution in [-0.2, 0) is 11.2 Å². The van der Waals surface area contributed by atoms with Gasteiger partial charge >= 0.3 is 0 Å². The molecule has 0 aliphatic heterocycles. The molecule has 2 N–H and O–H groups in total. The van der Waals surface area contributed by atoms with Crippen molar-refractivity contribution in [2.75, 3.05) is 18.8 Å². The largest absolute Gasteiger partial charge is 0.398 e. The van der Waals surface area contributed by atoms with Crippen molar-refractivity contribution >= 4 is 11.6 Å². The lowest BCUT2D eigenvalue weighted by Crippen LogP contribution is -2.33. The molecule has 0 aromatic heterocycles. The van der Waals surface area contributed by atoms with Gasteiger partial charge in [-0.3, -0.25) is 4.79 Å². The Bertz CT molecular complexity index is 357. The number of hydrogen-bond acceptors (Lipinski definition) is 2. The van der Waals surface area contributed by atoms with Crippen LogP contribution in [0.5, 0.6) is 0 Å². The van der Waals surface area contributed by atoms with Crippen molar-refractivity contribution in [2.45, 2.75) is 33.1 Å². The highest BCUT2D eigenvalue weighted by molar-refractivity contribution is 5.80. The Morgan fingerprint density at radius 3 is 2.29 bits per heavy atom. The van der Waals surface area contributed by atoms with Crippen LogP contribution in [0, 0.1) is 0 Å². The maximum Gasteiger partial charge on any atom is 0.227 e. The minimum atomic E-state index is 0.173. The summed E-state index contributed by atoms with van der Waals surface area (Å²) in [5.41, 5.74) is 7.47. The molecule has 0 spiro atoms. The van der Waals surface area contributed by atoms with Gasteiger partial charge in [-0.25, -0.2) is 0 Å². The second kappa shape index (κ2) is 6.94. The van der Waals surface area contributed by atoms with Gasteiger partial charge in [0.2, 0.25) is 5.91 Å². The maximum atomic E-state index is 12.1. The summed E-state index contributed by atoms with van der Waals surface area (Å²) in [6, 6.07) is 7.57. The first-order chi connectivity index (χ1) is 8.19. The molecule has 17 heavy (non-hydrogen) atoms. The number of carbonyl (C=O) groups excluding carboxylic acids is 1. The molecular formula is C14H22N2O. The molecule has 0 atom stereocenters. The van der Waals surface area contributed by atoms with Gasteiger partial charge in [0.25, 0.3) is 0 Å². The highest BCUT2D eigenvalue weighted by Gasteiger charge is 2.13. The molecule has 0 fully saturated rings. The number of hydrogen-bond donors (Lipinski definition) is 1. The first-order valence-corrected chi connectivity index (χ1v) is 6.30. The first-order valence-electron chi connectivity index (χ1n) is 6.30. The number of anilines is 1. The van der Waals surface area contributed by atoms with E-state index in [2.05, 4.69) is 13.8 Å². The SMILES string of the molecule is CCCN(CCC)C(=O)Cc1ccccc1N. The van der Waals surface area contributed by atoms with Crippen molar-refractivity contribution in [1.82, 2.24) is 4.90 Å². The maximum absolute atomic E-state index is 12.1. The Labute approximate surface area is 104 Å². The summed E-state index contributed by atoms with van der Waals surface area (Å²) in [5.74, 6) is 0.173. The lowest BCUT2D eigenvalue weighted by atomic mass is 10.1. The summed E-state index contributed by atoms with van der Waals surface area (Å²) in [4.78, 5) is 14.0. The number of benzene rings is 1. The summed E-state index contributed by atoms with van der Waals surface area (Å²) >= 11 is 0. The monoisotopic (exact) mass is 234 g/mol. The zero-order chi connectivity index (χ0) is 12.7. The molecule has 0 saturated carbocycles. The molecule has 0 radical (unpaired) electrons. The molecule has 94 valence electrons. The van der Waals surface area contributed by atoms with Crippen LogP contribution in [0.2, 0.25) is 0 Å². The van der Waals surface area contributed by atoms with E-state index in [1.165, 1.54) is 0 Å². The third-order valence-corrected chi connectivity index (χ3v) is 2.74. The van der Waals surface area contributed by atoms with Crippen LogP contribution in [0.15, 0.2) is 24.3 Å². The predicted octanol–water partition coefficient (Wildman–Crippen LogP) is 2.46. The number of para-hydroxylation sites is 1. The van der Waals surface area contributed by atoms with Crippen molar-refractivity contribution in [1.29, 1.82) is 0 Å². The average molecular weight is 234 g/mol. The average Bonchev–Trinajstić information content (AvgIpc) is 2.32. The Hall–Kier alpha value is -1.51. The molecule has 3 heteroatoms. The summed E-state index contributed by atoms with van der Waals surface area (Å²) in [5, 5.41) is 0. The first kappa shape index (κ1) is 13.6. The van der Waals surface area contributed by atoms with Crippen LogP contribution in [0.4, 0.5) is 5.69 Å². The zero-order valence-corrected chi connectivity index (χ0v) is 10.8. The number of carbonyl (C=O) groups is 1. The minimum absolute atomic E-state index is 0.173. The van der Waals surface area contributed by atoms with Crippen LogP contribution in [-0.4, -0.2) is 23.9 Å². The number of nitrogens with two attached hydrogens (primary N) is 1. The van der Waals surface area contributed by atoms with Gasteiger partial charge in [-0.15, -0.1) is 0 Å². The topological polar surface area (TPSA) is 46.3 Å². The molecule has 0 bridgehead atoms. The summed E-state index contributed by atoms with van der Waals surface area (Å²) in [6.45, 7) is 5.85. The third-order valence-electron chi connectivity index (χ3n) is 2.74. The van der Waals surface area contributed by atoms with E-state index in [1.807, 2.05) is 29.2 Å². The fourth-order valence-corrected chi connectivity index (χ4v) is 1.87. The number of nitrogen functional groups attached to an aromatic ring is 1. The smallest absolute Gasteiger partial charge is 0.227 e. The lowest BCUT2D eigenvalue weighted by Gasteiger charge is -2.21. The van der Waals surface area contributed by atoms with Crippen LogP contribution in [0.25, 0.3) is 0 Å².